The van der Waals surface area contributed by atoms with Crippen LogP contribution in [-0.2, 0) is 26.5 Å². The predicted octanol–water partition coefficient (Wildman–Crippen LogP) is 0.672. The van der Waals surface area contributed by atoms with E-state index in [4.69, 9.17) is 10.5 Å². The van der Waals surface area contributed by atoms with Gasteiger partial charge >= 0.3 is 10.5 Å². The topological polar surface area (TPSA) is 120 Å². The molecule has 0 aromatic heterocycles. The Hall–Kier alpha value is -1.75. The average molecular weight is 405 g/mol. The first-order chi connectivity index (χ1) is 12.9. The molecule has 0 aliphatic carbocycles. The smallest absolute Gasteiger partial charge is 0.385 e. The molecule has 0 spiro atoms. The van der Waals surface area contributed by atoms with Crippen LogP contribution in [0.25, 0.3) is 0 Å². The number of benzene rings is 1. The Kier molecular flexibility index (Phi) is 10.9. The Balaban J connectivity index is 2.66. The molecule has 1 aromatic rings. The minimum Gasteiger partial charge on any atom is -0.385 e. The number of halogens is 1. The van der Waals surface area contributed by atoms with E-state index in [1.54, 1.807) is 19.2 Å². The molecule has 10 heteroatoms. The Morgan fingerprint density at radius 1 is 1.19 bits per heavy atom. The molecule has 1 amide bonds. The highest BCUT2D eigenvalue weighted by Crippen LogP contribution is 2.16. The number of hydrogen-bond donors (Lipinski definition) is 3. The summed E-state index contributed by atoms with van der Waals surface area (Å²) in [4.78, 5) is 12.4. The fraction of sp³-hybridized carbons (Fsp3) is 0.588. The molecule has 1 rings (SSSR count). The number of rotatable bonds is 14. The second kappa shape index (κ2) is 12.6. The minimum absolute atomic E-state index is 0.128. The van der Waals surface area contributed by atoms with E-state index in [0.717, 1.165) is 24.8 Å². The molecule has 154 valence electrons. The lowest BCUT2D eigenvalue weighted by atomic mass is 10.0. The van der Waals surface area contributed by atoms with Crippen LogP contribution in [0.15, 0.2) is 24.3 Å². The van der Waals surface area contributed by atoms with Crippen molar-refractivity contribution in [2.24, 2.45) is 5.73 Å². The second-order valence-corrected chi connectivity index (χ2v) is 6.92. The Bertz CT molecular complexity index is 655. The zero-order valence-electron chi connectivity index (χ0n) is 15.4. The van der Waals surface area contributed by atoms with Crippen LogP contribution < -0.4 is 20.6 Å². The molecule has 8 nitrogen and oxygen atoms in total. The summed E-state index contributed by atoms with van der Waals surface area (Å²) in [6.45, 7) is 2.32. The summed E-state index contributed by atoms with van der Waals surface area (Å²) in [6, 6.07) is 5.40. The average Bonchev–Trinajstić information content (AvgIpc) is 2.61. The molecule has 0 saturated heterocycles. The highest BCUT2D eigenvalue weighted by atomic mass is 32.3. The number of carbonyl (C=O) groups excluding carboxylic acids is 1. The van der Waals surface area contributed by atoms with E-state index in [2.05, 4.69) is 14.8 Å². The number of nitrogens with one attached hydrogen (secondary N) is 2. The van der Waals surface area contributed by atoms with Gasteiger partial charge in [-0.1, -0.05) is 16.0 Å². The molecular weight excluding hydrogens is 377 g/mol. The van der Waals surface area contributed by atoms with Gasteiger partial charge < -0.3 is 25.3 Å². The number of amides is 1. The summed E-state index contributed by atoms with van der Waals surface area (Å²) >= 11 is 0. The van der Waals surface area contributed by atoms with Crippen molar-refractivity contribution in [3.63, 3.8) is 0 Å². The molecule has 4 N–H and O–H groups in total. The van der Waals surface area contributed by atoms with Crippen LogP contribution in [0.1, 0.15) is 24.8 Å². The molecule has 1 unspecified atom stereocenters. The normalized spacial score (nSPS) is 12.6. The van der Waals surface area contributed by atoms with E-state index >= 15 is 0 Å². The monoisotopic (exact) mass is 405 g/mol. The van der Waals surface area contributed by atoms with Crippen molar-refractivity contribution >= 4 is 16.4 Å². The lowest BCUT2D eigenvalue weighted by Gasteiger charge is -2.19. The summed E-state index contributed by atoms with van der Waals surface area (Å²) in [5.74, 6) is -0.256. The zero-order chi connectivity index (χ0) is 20.1. The maximum Gasteiger partial charge on any atom is 0.488 e. The van der Waals surface area contributed by atoms with Crippen molar-refractivity contribution in [3.8, 4) is 5.75 Å². The highest BCUT2D eigenvalue weighted by molar-refractivity contribution is 7.81. The maximum atomic E-state index is 12.5. The van der Waals surface area contributed by atoms with Crippen LogP contribution in [0.4, 0.5) is 3.89 Å². The maximum absolute atomic E-state index is 12.5. The van der Waals surface area contributed by atoms with Gasteiger partial charge in [-0.15, -0.1) is 0 Å². The third-order valence-electron chi connectivity index (χ3n) is 3.72. The van der Waals surface area contributed by atoms with E-state index in [1.165, 1.54) is 12.1 Å². The number of carbonyl (C=O) groups is 1. The lowest BCUT2D eigenvalue weighted by molar-refractivity contribution is -0.123. The minimum atomic E-state index is -5.06. The molecule has 0 aliphatic rings. The van der Waals surface area contributed by atoms with E-state index in [-0.39, 0.29) is 11.7 Å². The molecule has 0 radical (unpaired) electrons. The second-order valence-electron chi connectivity index (χ2n) is 5.96. The van der Waals surface area contributed by atoms with Crippen LogP contribution in [-0.4, -0.2) is 53.7 Å². The van der Waals surface area contributed by atoms with Gasteiger partial charge in [0, 0.05) is 20.3 Å². The quantitative estimate of drug-likeness (QED) is 0.307. The molecule has 1 aromatic carbocycles. The van der Waals surface area contributed by atoms with Gasteiger partial charge in [0.2, 0.25) is 5.91 Å². The largest absolute Gasteiger partial charge is 0.488 e. The number of methoxy groups -OCH3 is 1. The molecule has 1 atom stereocenters. The van der Waals surface area contributed by atoms with Crippen molar-refractivity contribution in [1.82, 2.24) is 10.6 Å². The number of unbranched alkanes of at least 4 members (excludes halogenated alkanes) is 1. The Labute approximate surface area is 160 Å². The van der Waals surface area contributed by atoms with Crippen molar-refractivity contribution in [2.75, 3.05) is 33.4 Å². The zero-order valence-corrected chi connectivity index (χ0v) is 16.3. The third kappa shape index (κ3) is 10.9. The molecule has 0 saturated carbocycles. The van der Waals surface area contributed by atoms with Gasteiger partial charge in [-0.3, -0.25) is 4.79 Å². The summed E-state index contributed by atoms with van der Waals surface area (Å²) in [5, 5.41) is 6.07. The fourth-order valence-electron chi connectivity index (χ4n) is 2.39. The van der Waals surface area contributed by atoms with E-state index in [9.17, 15) is 17.1 Å². The first-order valence-corrected chi connectivity index (χ1v) is 10.1. The molecule has 0 aliphatic heterocycles. The van der Waals surface area contributed by atoms with Gasteiger partial charge in [-0.25, -0.2) is 0 Å². The Morgan fingerprint density at radius 2 is 1.89 bits per heavy atom. The first-order valence-electron chi connectivity index (χ1n) is 8.79. The van der Waals surface area contributed by atoms with Crippen molar-refractivity contribution in [1.29, 1.82) is 0 Å². The third-order valence-corrected chi connectivity index (χ3v) is 4.11. The molecule has 0 heterocycles. The summed E-state index contributed by atoms with van der Waals surface area (Å²) in [7, 11) is -3.44. The molecule has 0 bridgehead atoms. The van der Waals surface area contributed by atoms with Crippen LogP contribution in [0.5, 0.6) is 5.75 Å². The molecular formula is C17H28FN3O5S. The van der Waals surface area contributed by atoms with E-state index in [0.29, 0.717) is 32.7 Å². The number of ether oxygens (including phenoxy) is 1. The number of hydrogen-bond acceptors (Lipinski definition) is 7. The van der Waals surface area contributed by atoms with Crippen molar-refractivity contribution in [2.45, 2.75) is 31.7 Å². The van der Waals surface area contributed by atoms with E-state index in [1.807, 2.05) is 0 Å². The highest BCUT2D eigenvalue weighted by Gasteiger charge is 2.18. The van der Waals surface area contributed by atoms with Gasteiger partial charge in [0.15, 0.2) is 0 Å². The SMILES string of the molecule is COCCCNC(Cc1ccc(OS(=O)(=O)F)cc1)C(=O)NCCCCN. The van der Waals surface area contributed by atoms with Crippen LogP contribution in [0.2, 0.25) is 0 Å². The summed E-state index contributed by atoms with van der Waals surface area (Å²) in [6.07, 6.45) is 2.79. The van der Waals surface area contributed by atoms with Gasteiger partial charge in [0.05, 0.1) is 6.04 Å². The predicted molar refractivity (Wildman–Crippen MR) is 100 cm³/mol. The Morgan fingerprint density at radius 3 is 2.48 bits per heavy atom. The van der Waals surface area contributed by atoms with Crippen molar-refractivity contribution in [3.05, 3.63) is 29.8 Å². The molecule has 0 fully saturated rings. The first kappa shape index (κ1) is 23.3. The van der Waals surface area contributed by atoms with Crippen LogP contribution in [0.3, 0.4) is 0 Å². The van der Waals surface area contributed by atoms with Gasteiger partial charge in [0.1, 0.15) is 5.75 Å². The van der Waals surface area contributed by atoms with Crippen LogP contribution in [0, 0.1) is 0 Å². The van der Waals surface area contributed by atoms with Gasteiger partial charge in [-0.2, -0.15) is 8.42 Å². The lowest BCUT2D eigenvalue weighted by Crippen LogP contribution is -2.46. The summed E-state index contributed by atoms with van der Waals surface area (Å²) in [5.41, 5.74) is 6.22. The fourth-order valence-corrected chi connectivity index (χ4v) is 2.73. The standard InChI is InChI=1S/C17H28FN3O5S/c1-25-12-4-11-20-16(17(22)21-10-3-2-9-19)13-14-5-7-15(8-6-14)26-27(18,23)24/h5-8,16,20H,2-4,9-13,19H2,1H3,(H,21,22). The number of nitrogens with two attached hydrogens (primary N) is 1. The summed E-state index contributed by atoms with van der Waals surface area (Å²) < 4.78 is 42.7. The van der Waals surface area contributed by atoms with Gasteiger partial charge in [-0.05, 0) is 56.5 Å². The van der Waals surface area contributed by atoms with Crippen LogP contribution >= 0.6 is 0 Å². The molecule has 27 heavy (non-hydrogen) atoms. The van der Waals surface area contributed by atoms with Crippen molar-refractivity contribution < 1.29 is 26.0 Å². The van der Waals surface area contributed by atoms with Gasteiger partial charge in [0.25, 0.3) is 0 Å². The van der Waals surface area contributed by atoms with E-state index < -0.39 is 16.5 Å².